The first-order valence-electron chi connectivity index (χ1n) is 4.63. The van der Waals surface area contributed by atoms with Crippen molar-refractivity contribution < 1.29 is 4.39 Å². The van der Waals surface area contributed by atoms with Gasteiger partial charge < -0.3 is 0 Å². The van der Waals surface area contributed by atoms with E-state index in [1.54, 1.807) is 6.07 Å². The molecule has 0 N–H and O–H groups in total. The molecule has 1 unspecified atom stereocenters. The second-order valence-corrected chi connectivity index (χ2v) is 3.47. The molecule has 2 nitrogen and oxygen atoms in total. The minimum Gasteiger partial charge on any atom is -0.295 e. The summed E-state index contributed by atoms with van der Waals surface area (Å²) in [6.45, 7) is 4.39. The second kappa shape index (κ2) is 3.42. The third-order valence-electron chi connectivity index (χ3n) is 2.62. The highest BCUT2D eigenvalue weighted by atomic mass is 19.1. The zero-order valence-corrected chi connectivity index (χ0v) is 7.70. The molecule has 3 heteroatoms. The van der Waals surface area contributed by atoms with Crippen molar-refractivity contribution >= 4 is 0 Å². The highest BCUT2D eigenvalue weighted by molar-refractivity contribution is 5.09. The Labute approximate surface area is 77.4 Å². The molecular weight excluding hydrogens is 167 g/mol. The number of hydrogen-bond acceptors (Lipinski definition) is 2. The lowest BCUT2D eigenvalue weighted by Gasteiger charge is -2.36. The van der Waals surface area contributed by atoms with Crippen LogP contribution < -0.4 is 0 Å². The monoisotopic (exact) mass is 180 g/mol. The first-order chi connectivity index (χ1) is 6.27. The van der Waals surface area contributed by atoms with E-state index in [-0.39, 0.29) is 5.82 Å². The topological polar surface area (TPSA) is 16.1 Å². The summed E-state index contributed by atoms with van der Waals surface area (Å²) in [5, 5.41) is 0. The Balaban J connectivity index is 2.10. The minimum absolute atomic E-state index is 0.264. The first-order valence-corrected chi connectivity index (χ1v) is 4.63. The predicted molar refractivity (Wildman–Crippen MR) is 48.8 cm³/mol. The fourth-order valence-electron chi connectivity index (χ4n) is 1.55. The molecule has 1 atom stereocenters. The van der Waals surface area contributed by atoms with Gasteiger partial charge in [-0.2, -0.15) is 0 Å². The summed E-state index contributed by atoms with van der Waals surface area (Å²) >= 11 is 0. The van der Waals surface area contributed by atoms with Crippen LogP contribution in [0.3, 0.4) is 0 Å². The van der Waals surface area contributed by atoms with Gasteiger partial charge in [0.25, 0.3) is 0 Å². The summed E-state index contributed by atoms with van der Waals surface area (Å²) in [5.41, 5.74) is 0.959. The largest absolute Gasteiger partial charge is 0.295 e. The maximum absolute atomic E-state index is 12.6. The molecule has 0 bridgehead atoms. The zero-order valence-electron chi connectivity index (χ0n) is 7.70. The summed E-state index contributed by atoms with van der Waals surface area (Å²) in [6, 6.07) is 3.56. The van der Waals surface area contributed by atoms with Crippen molar-refractivity contribution in [3.05, 3.63) is 29.8 Å². The van der Waals surface area contributed by atoms with Crippen molar-refractivity contribution in [2.24, 2.45) is 0 Å². The zero-order chi connectivity index (χ0) is 9.26. The molecule has 0 spiro atoms. The minimum atomic E-state index is -0.264. The number of aromatic nitrogens is 1. The summed E-state index contributed by atoms with van der Waals surface area (Å²) in [4.78, 5) is 6.40. The van der Waals surface area contributed by atoms with Crippen molar-refractivity contribution in [3.8, 4) is 0 Å². The number of nitrogens with zero attached hydrogens (tertiary/aromatic N) is 2. The van der Waals surface area contributed by atoms with Crippen LogP contribution >= 0.6 is 0 Å². The molecule has 1 aromatic heterocycles. The van der Waals surface area contributed by atoms with Crippen molar-refractivity contribution in [2.75, 3.05) is 13.1 Å². The van der Waals surface area contributed by atoms with E-state index in [0.717, 1.165) is 18.8 Å². The summed E-state index contributed by atoms with van der Waals surface area (Å²) < 4.78 is 12.6. The van der Waals surface area contributed by atoms with Gasteiger partial charge in [-0.15, -0.1) is 0 Å². The number of halogens is 1. The predicted octanol–water partition coefficient (Wildman–Crippen LogP) is 1.99. The van der Waals surface area contributed by atoms with E-state index in [0.29, 0.717) is 6.04 Å². The molecule has 0 radical (unpaired) electrons. The van der Waals surface area contributed by atoms with Crippen LogP contribution in [0.2, 0.25) is 0 Å². The van der Waals surface area contributed by atoms with E-state index < -0.39 is 0 Å². The van der Waals surface area contributed by atoms with Crippen LogP contribution in [0.4, 0.5) is 4.39 Å². The lowest BCUT2D eigenvalue weighted by molar-refractivity contribution is 0.126. The molecule has 0 aromatic carbocycles. The molecule has 1 aromatic rings. The van der Waals surface area contributed by atoms with Crippen LogP contribution in [0.1, 0.15) is 25.1 Å². The number of rotatable bonds is 2. The normalized spacial score (nSPS) is 19.5. The fourth-order valence-corrected chi connectivity index (χ4v) is 1.55. The summed E-state index contributed by atoms with van der Waals surface area (Å²) in [6.07, 6.45) is 2.55. The molecule has 2 heterocycles. The quantitative estimate of drug-likeness (QED) is 0.692. The second-order valence-electron chi connectivity index (χ2n) is 3.47. The third kappa shape index (κ3) is 1.70. The maximum atomic E-state index is 12.6. The van der Waals surface area contributed by atoms with Crippen molar-refractivity contribution in [1.82, 2.24) is 9.88 Å². The van der Waals surface area contributed by atoms with Crippen LogP contribution in [-0.2, 0) is 0 Å². The Kier molecular flexibility index (Phi) is 2.27. The molecule has 1 saturated heterocycles. The van der Waals surface area contributed by atoms with E-state index in [9.17, 15) is 4.39 Å². The van der Waals surface area contributed by atoms with E-state index in [1.165, 1.54) is 18.7 Å². The van der Waals surface area contributed by atoms with E-state index in [1.807, 2.05) is 0 Å². The van der Waals surface area contributed by atoms with Crippen LogP contribution in [-0.4, -0.2) is 23.0 Å². The first kappa shape index (κ1) is 8.63. The fraction of sp³-hybridized carbons (Fsp3) is 0.500. The SMILES string of the molecule is CC(c1ccc(F)cn1)N1CCC1. The van der Waals surface area contributed by atoms with Gasteiger partial charge in [-0.1, -0.05) is 0 Å². The van der Waals surface area contributed by atoms with Gasteiger partial charge in [0.1, 0.15) is 5.82 Å². The molecular formula is C10H13FN2. The average molecular weight is 180 g/mol. The van der Waals surface area contributed by atoms with Crippen molar-refractivity contribution in [1.29, 1.82) is 0 Å². The van der Waals surface area contributed by atoms with Gasteiger partial charge in [-0.3, -0.25) is 9.88 Å². The smallest absolute Gasteiger partial charge is 0.141 e. The maximum Gasteiger partial charge on any atom is 0.141 e. The Morgan fingerprint density at radius 2 is 2.23 bits per heavy atom. The summed E-state index contributed by atoms with van der Waals surface area (Å²) in [5.74, 6) is -0.264. The highest BCUT2D eigenvalue weighted by Crippen LogP contribution is 2.23. The molecule has 1 aliphatic heterocycles. The van der Waals surface area contributed by atoms with Crippen LogP contribution in [0.25, 0.3) is 0 Å². The van der Waals surface area contributed by atoms with Crippen LogP contribution in [0, 0.1) is 5.82 Å². The molecule has 0 amide bonds. The van der Waals surface area contributed by atoms with Gasteiger partial charge in [0.2, 0.25) is 0 Å². The Morgan fingerprint density at radius 1 is 1.46 bits per heavy atom. The number of hydrogen-bond donors (Lipinski definition) is 0. The van der Waals surface area contributed by atoms with Gasteiger partial charge in [0, 0.05) is 19.1 Å². The lowest BCUT2D eigenvalue weighted by atomic mass is 10.1. The summed E-state index contributed by atoms with van der Waals surface area (Å²) in [7, 11) is 0. The average Bonchev–Trinajstić information content (AvgIpc) is 2.02. The van der Waals surface area contributed by atoms with E-state index >= 15 is 0 Å². The Hall–Kier alpha value is -0.960. The molecule has 0 aliphatic carbocycles. The van der Waals surface area contributed by atoms with Gasteiger partial charge >= 0.3 is 0 Å². The number of likely N-dealkylation sites (tertiary alicyclic amines) is 1. The molecule has 70 valence electrons. The van der Waals surface area contributed by atoms with Crippen molar-refractivity contribution in [3.63, 3.8) is 0 Å². The van der Waals surface area contributed by atoms with E-state index in [4.69, 9.17) is 0 Å². The molecule has 13 heavy (non-hydrogen) atoms. The van der Waals surface area contributed by atoms with Gasteiger partial charge in [0.05, 0.1) is 11.9 Å². The Bertz CT molecular complexity index is 279. The van der Waals surface area contributed by atoms with E-state index in [2.05, 4.69) is 16.8 Å². The van der Waals surface area contributed by atoms with Crippen LogP contribution in [0.5, 0.6) is 0 Å². The number of pyridine rings is 1. The molecule has 0 saturated carbocycles. The third-order valence-corrected chi connectivity index (χ3v) is 2.62. The van der Waals surface area contributed by atoms with Gasteiger partial charge in [-0.05, 0) is 25.5 Å². The van der Waals surface area contributed by atoms with Gasteiger partial charge in [-0.25, -0.2) is 4.39 Å². The highest BCUT2D eigenvalue weighted by Gasteiger charge is 2.21. The van der Waals surface area contributed by atoms with Crippen LogP contribution in [0.15, 0.2) is 18.3 Å². The molecule has 2 rings (SSSR count). The lowest BCUT2D eigenvalue weighted by Crippen LogP contribution is -2.39. The van der Waals surface area contributed by atoms with Crippen molar-refractivity contribution in [2.45, 2.75) is 19.4 Å². The van der Waals surface area contributed by atoms with Gasteiger partial charge in [0.15, 0.2) is 0 Å². The Morgan fingerprint density at radius 3 is 2.69 bits per heavy atom. The molecule has 1 fully saturated rings. The standard InChI is InChI=1S/C10H13FN2/c1-8(13-5-2-6-13)10-4-3-9(11)7-12-10/h3-4,7-8H,2,5-6H2,1H3. The molecule has 1 aliphatic rings.